The Hall–Kier alpha value is -1.44. The van der Waals surface area contributed by atoms with Crippen molar-refractivity contribution < 1.29 is 19.1 Å². The Kier molecular flexibility index (Phi) is 7.18. The van der Waals surface area contributed by atoms with E-state index in [1.165, 1.54) is 11.9 Å². The van der Waals surface area contributed by atoms with Crippen LogP contribution in [0, 0.1) is 5.92 Å². The van der Waals surface area contributed by atoms with Crippen LogP contribution >= 0.6 is 11.9 Å². The van der Waals surface area contributed by atoms with E-state index in [1.54, 1.807) is 11.3 Å². The van der Waals surface area contributed by atoms with Gasteiger partial charge in [-0.2, -0.15) is 5.10 Å². The van der Waals surface area contributed by atoms with Gasteiger partial charge in [-0.05, 0) is 52.0 Å². The van der Waals surface area contributed by atoms with E-state index in [0.717, 1.165) is 0 Å². The van der Waals surface area contributed by atoms with Gasteiger partial charge < -0.3 is 9.47 Å². The van der Waals surface area contributed by atoms with E-state index in [1.807, 2.05) is 20.8 Å². The van der Waals surface area contributed by atoms with Crippen LogP contribution in [0.3, 0.4) is 0 Å². The molecule has 1 rings (SSSR count). The predicted octanol–water partition coefficient (Wildman–Crippen LogP) is 2.77. The molecule has 1 heterocycles. The fraction of sp³-hybridized carbons (Fsp3) is 0.800. The highest BCUT2D eigenvalue weighted by Crippen LogP contribution is 2.25. The average Bonchev–Trinajstić information content (AvgIpc) is 2.84. The van der Waals surface area contributed by atoms with Crippen LogP contribution in [0.5, 0.6) is 0 Å². The molecule has 8 heteroatoms. The van der Waals surface area contributed by atoms with Gasteiger partial charge in [0, 0.05) is 0 Å². The number of hydrogen-bond donors (Lipinski definition) is 1. The smallest absolute Gasteiger partial charge is 0.409 e. The maximum atomic E-state index is 12.0. The average molecular weight is 345 g/mol. The standard InChI is InChI=1S/C15H27N3O4S/c1-7-21-13(19)11-9-23-18(17-11)12(8-10(2)3)16-14(20)22-15(4,5)6/h10,12H,7-9H2,1-6H3,(H,16,20)/t12-/m0/s1. The van der Waals surface area contributed by atoms with Gasteiger partial charge in [0.15, 0.2) is 5.71 Å². The third-order valence-corrected chi connectivity index (χ3v) is 3.71. The Balaban J connectivity index is 2.75. The number of carbonyl (C=O) groups is 2. The molecule has 7 nitrogen and oxygen atoms in total. The Morgan fingerprint density at radius 1 is 1.39 bits per heavy atom. The van der Waals surface area contributed by atoms with E-state index in [-0.39, 0.29) is 6.17 Å². The Morgan fingerprint density at radius 3 is 2.57 bits per heavy atom. The Bertz CT molecular complexity index is 460. The quantitative estimate of drug-likeness (QED) is 0.589. The molecule has 1 aliphatic rings. The van der Waals surface area contributed by atoms with Crippen molar-refractivity contribution in [3.63, 3.8) is 0 Å². The topological polar surface area (TPSA) is 80.2 Å². The summed E-state index contributed by atoms with van der Waals surface area (Å²) in [7, 11) is 0. The van der Waals surface area contributed by atoms with Gasteiger partial charge in [-0.25, -0.2) is 14.0 Å². The Labute approximate surface area is 142 Å². The second-order valence-electron chi connectivity index (χ2n) is 6.63. The first-order valence-corrected chi connectivity index (χ1v) is 8.73. The summed E-state index contributed by atoms with van der Waals surface area (Å²) in [5.74, 6) is 0.365. The molecule has 0 aromatic heterocycles. The summed E-state index contributed by atoms with van der Waals surface area (Å²) < 4.78 is 11.9. The number of ether oxygens (including phenoxy) is 2. The van der Waals surface area contributed by atoms with E-state index >= 15 is 0 Å². The maximum absolute atomic E-state index is 12.0. The van der Waals surface area contributed by atoms with E-state index in [4.69, 9.17) is 9.47 Å². The zero-order valence-corrected chi connectivity index (χ0v) is 15.5. The van der Waals surface area contributed by atoms with Crippen LogP contribution in [0.1, 0.15) is 48.0 Å². The molecule has 0 unspecified atom stereocenters. The summed E-state index contributed by atoms with van der Waals surface area (Å²) in [6.45, 7) is 11.6. The number of carbonyl (C=O) groups excluding carboxylic acids is 2. The van der Waals surface area contributed by atoms with E-state index in [9.17, 15) is 9.59 Å². The van der Waals surface area contributed by atoms with Crippen LogP contribution in [-0.4, -0.2) is 46.3 Å². The number of amides is 1. The largest absolute Gasteiger partial charge is 0.461 e. The lowest BCUT2D eigenvalue weighted by Gasteiger charge is -2.28. The third-order valence-electron chi connectivity index (χ3n) is 2.71. The molecule has 0 saturated heterocycles. The summed E-state index contributed by atoms with van der Waals surface area (Å²) in [6.07, 6.45) is -0.156. The number of esters is 1. The molecule has 0 bridgehead atoms. The van der Waals surface area contributed by atoms with E-state index in [0.29, 0.717) is 30.4 Å². The number of nitrogens with zero attached hydrogens (tertiary/aromatic N) is 2. The molecule has 0 spiro atoms. The predicted molar refractivity (Wildman–Crippen MR) is 91.0 cm³/mol. The van der Waals surface area contributed by atoms with Crippen molar-refractivity contribution >= 4 is 29.7 Å². The molecule has 0 saturated carbocycles. The molecule has 1 amide bonds. The summed E-state index contributed by atoms with van der Waals surface area (Å²) in [6, 6.07) is 0. The maximum Gasteiger partial charge on any atom is 0.409 e. The second-order valence-corrected chi connectivity index (χ2v) is 7.56. The van der Waals surface area contributed by atoms with Crippen LogP contribution in [0.4, 0.5) is 4.79 Å². The van der Waals surface area contributed by atoms with Gasteiger partial charge in [0.25, 0.3) is 0 Å². The van der Waals surface area contributed by atoms with E-state index < -0.39 is 17.7 Å². The summed E-state index contributed by atoms with van der Waals surface area (Å²) >= 11 is 1.37. The molecule has 0 radical (unpaired) electrons. The fourth-order valence-electron chi connectivity index (χ4n) is 1.87. The normalized spacial score (nSPS) is 16.1. The number of alkyl carbamates (subject to hydrolysis) is 1. The first-order chi connectivity index (χ1) is 10.6. The Morgan fingerprint density at radius 2 is 2.04 bits per heavy atom. The van der Waals surface area contributed by atoms with Gasteiger partial charge in [0.1, 0.15) is 11.8 Å². The number of hydrazone groups is 1. The fourth-order valence-corrected chi connectivity index (χ4v) is 2.78. The highest BCUT2D eigenvalue weighted by molar-refractivity contribution is 7.98. The molecule has 0 aliphatic carbocycles. The first-order valence-electron chi connectivity index (χ1n) is 7.78. The van der Waals surface area contributed by atoms with Crippen molar-refractivity contribution in [3.8, 4) is 0 Å². The van der Waals surface area contributed by atoms with Gasteiger partial charge >= 0.3 is 12.1 Å². The lowest BCUT2D eigenvalue weighted by atomic mass is 10.1. The molecule has 0 fully saturated rings. The molecule has 23 heavy (non-hydrogen) atoms. The SMILES string of the molecule is CCOC(=O)C1=NN([C@@H](CC(C)C)NC(=O)OC(C)(C)C)SC1. The minimum absolute atomic E-state index is 0.314. The zero-order valence-electron chi connectivity index (χ0n) is 14.7. The van der Waals surface area contributed by atoms with Crippen LogP contribution in [0.25, 0.3) is 0 Å². The number of hydrogen-bond acceptors (Lipinski definition) is 7. The van der Waals surface area contributed by atoms with Gasteiger partial charge in [0.05, 0.1) is 12.4 Å². The molecule has 1 atom stereocenters. The third kappa shape index (κ3) is 7.11. The lowest BCUT2D eigenvalue weighted by Crippen LogP contribution is -2.45. The molecule has 132 valence electrons. The van der Waals surface area contributed by atoms with Crippen molar-refractivity contribution in [1.29, 1.82) is 0 Å². The molecule has 1 N–H and O–H groups in total. The first kappa shape index (κ1) is 19.6. The molecule has 1 aliphatic heterocycles. The number of nitrogens with one attached hydrogen (secondary N) is 1. The highest BCUT2D eigenvalue weighted by Gasteiger charge is 2.30. The highest BCUT2D eigenvalue weighted by atomic mass is 32.2. The van der Waals surface area contributed by atoms with Crippen molar-refractivity contribution in [3.05, 3.63) is 0 Å². The lowest BCUT2D eigenvalue weighted by molar-refractivity contribution is -0.135. The minimum atomic E-state index is -0.565. The second kappa shape index (κ2) is 8.42. The van der Waals surface area contributed by atoms with Crippen molar-refractivity contribution in [2.24, 2.45) is 11.0 Å². The van der Waals surface area contributed by atoms with Gasteiger partial charge in [-0.1, -0.05) is 13.8 Å². The minimum Gasteiger partial charge on any atom is -0.461 e. The van der Waals surface area contributed by atoms with Crippen LogP contribution in [0.2, 0.25) is 0 Å². The summed E-state index contributed by atoms with van der Waals surface area (Å²) in [5.41, 5.74) is -0.208. The van der Waals surface area contributed by atoms with Crippen LogP contribution in [0.15, 0.2) is 5.10 Å². The summed E-state index contributed by atoms with van der Waals surface area (Å²) in [4.78, 5) is 23.8. The van der Waals surface area contributed by atoms with Crippen LogP contribution < -0.4 is 5.32 Å². The van der Waals surface area contributed by atoms with Gasteiger partial charge in [-0.15, -0.1) is 0 Å². The van der Waals surface area contributed by atoms with Crippen molar-refractivity contribution in [2.75, 3.05) is 12.4 Å². The molecule has 0 aromatic rings. The molecular formula is C15H27N3O4S. The van der Waals surface area contributed by atoms with Crippen LogP contribution in [-0.2, 0) is 14.3 Å². The molecule has 0 aromatic carbocycles. The van der Waals surface area contributed by atoms with Crippen molar-refractivity contribution in [1.82, 2.24) is 9.73 Å². The summed E-state index contributed by atoms with van der Waals surface area (Å²) in [5, 5.41) is 7.10. The van der Waals surface area contributed by atoms with Gasteiger partial charge in [-0.3, -0.25) is 5.32 Å². The molecular weight excluding hydrogens is 318 g/mol. The van der Waals surface area contributed by atoms with Gasteiger partial charge in [0.2, 0.25) is 0 Å². The monoisotopic (exact) mass is 345 g/mol. The van der Waals surface area contributed by atoms with E-state index in [2.05, 4.69) is 24.3 Å². The van der Waals surface area contributed by atoms with Crippen molar-refractivity contribution in [2.45, 2.75) is 59.7 Å². The zero-order chi connectivity index (χ0) is 17.6. The number of rotatable bonds is 6.